The first-order valence-electron chi connectivity index (χ1n) is 5.08. The average molecular weight is 240 g/mol. The summed E-state index contributed by atoms with van der Waals surface area (Å²) < 4.78 is 10.3. The van der Waals surface area contributed by atoms with E-state index in [-0.39, 0.29) is 6.42 Å². The Morgan fingerprint density at radius 3 is 2.47 bits per heavy atom. The van der Waals surface area contributed by atoms with E-state index in [1.807, 2.05) is 0 Å². The zero-order valence-corrected chi connectivity index (χ0v) is 10.1. The maximum Gasteiger partial charge on any atom is 0.335 e. The molecule has 5 nitrogen and oxygen atoms in total. The molecule has 0 aliphatic rings. The molecule has 0 saturated carbocycles. The van der Waals surface area contributed by atoms with E-state index < -0.39 is 11.6 Å². The van der Waals surface area contributed by atoms with Crippen molar-refractivity contribution in [1.29, 1.82) is 0 Å². The molecular formula is C12H16O5. The van der Waals surface area contributed by atoms with Crippen LogP contribution in [-0.2, 0) is 11.2 Å². The summed E-state index contributed by atoms with van der Waals surface area (Å²) in [6.07, 6.45) is -0.0529. The Balaban J connectivity index is 3.10. The number of methoxy groups -OCH3 is 2. The van der Waals surface area contributed by atoms with Crippen molar-refractivity contribution in [3.8, 4) is 11.5 Å². The van der Waals surface area contributed by atoms with Crippen LogP contribution in [0.1, 0.15) is 12.5 Å². The summed E-state index contributed by atoms with van der Waals surface area (Å²) in [7, 11) is 2.97. The van der Waals surface area contributed by atoms with Gasteiger partial charge in [-0.05, 0) is 13.0 Å². The molecule has 17 heavy (non-hydrogen) atoms. The lowest BCUT2D eigenvalue weighted by molar-refractivity contribution is -0.156. The fourth-order valence-electron chi connectivity index (χ4n) is 1.54. The molecule has 0 heterocycles. The smallest absolute Gasteiger partial charge is 0.335 e. The molecule has 1 aromatic rings. The number of aliphatic hydroxyl groups is 1. The van der Waals surface area contributed by atoms with Crippen LogP contribution in [-0.4, -0.2) is 36.0 Å². The highest BCUT2D eigenvalue weighted by atomic mass is 16.5. The van der Waals surface area contributed by atoms with E-state index in [1.54, 1.807) is 18.2 Å². The van der Waals surface area contributed by atoms with Gasteiger partial charge in [0.15, 0.2) is 17.1 Å². The van der Waals surface area contributed by atoms with Gasteiger partial charge in [-0.15, -0.1) is 0 Å². The average Bonchev–Trinajstić information content (AvgIpc) is 2.27. The number of rotatable bonds is 5. The number of ether oxygens (including phenoxy) is 2. The van der Waals surface area contributed by atoms with Crippen molar-refractivity contribution in [3.63, 3.8) is 0 Å². The monoisotopic (exact) mass is 240 g/mol. The molecule has 0 aliphatic heterocycles. The number of hydrogen-bond acceptors (Lipinski definition) is 4. The van der Waals surface area contributed by atoms with Crippen LogP contribution in [0.5, 0.6) is 11.5 Å². The number of hydrogen-bond donors (Lipinski definition) is 2. The SMILES string of the molecule is COc1cccc(CC(C)(O)C(=O)O)c1OC. The van der Waals surface area contributed by atoms with Crippen molar-refractivity contribution in [1.82, 2.24) is 0 Å². The number of aliphatic carboxylic acids is 1. The van der Waals surface area contributed by atoms with Gasteiger partial charge < -0.3 is 19.7 Å². The van der Waals surface area contributed by atoms with Gasteiger partial charge in [0, 0.05) is 12.0 Å². The Morgan fingerprint density at radius 2 is 2.00 bits per heavy atom. The van der Waals surface area contributed by atoms with Gasteiger partial charge in [0.05, 0.1) is 14.2 Å². The van der Waals surface area contributed by atoms with Crippen molar-refractivity contribution in [2.24, 2.45) is 0 Å². The van der Waals surface area contributed by atoms with Crippen LogP contribution in [0.15, 0.2) is 18.2 Å². The molecule has 1 rings (SSSR count). The van der Waals surface area contributed by atoms with Crippen molar-refractivity contribution < 1.29 is 24.5 Å². The van der Waals surface area contributed by atoms with Crippen molar-refractivity contribution in [3.05, 3.63) is 23.8 Å². The van der Waals surface area contributed by atoms with Gasteiger partial charge >= 0.3 is 5.97 Å². The van der Waals surface area contributed by atoms with Crippen LogP contribution in [0, 0.1) is 0 Å². The molecule has 5 heteroatoms. The van der Waals surface area contributed by atoms with Gasteiger partial charge in [-0.25, -0.2) is 4.79 Å². The Labute approximate surface area is 99.6 Å². The Morgan fingerprint density at radius 1 is 1.35 bits per heavy atom. The summed E-state index contributed by atoms with van der Waals surface area (Å²) in [4.78, 5) is 10.9. The Kier molecular flexibility index (Phi) is 3.96. The molecule has 1 unspecified atom stereocenters. The predicted molar refractivity (Wildman–Crippen MR) is 61.5 cm³/mol. The standard InChI is InChI=1S/C12H16O5/c1-12(15,11(13)14)7-8-5-4-6-9(16-2)10(8)17-3/h4-6,15H,7H2,1-3H3,(H,13,14). The van der Waals surface area contributed by atoms with Crippen LogP contribution < -0.4 is 9.47 Å². The molecule has 2 N–H and O–H groups in total. The summed E-state index contributed by atoms with van der Waals surface area (Å²) in [6, 6.07) is 5.12. The van der Waals surface area contributed by atoms with Crippen LogP contribution >= 0.6 is 0 Å². The Hall–Kier alpha value is -1.75. The van der Waals surface area contributed by atoms with Crippen molar-refractivity contribution >= 4 is 5.97 Å². The minimum absolute atomic E-state index is 0.0529. The summed E-state index contributed by atoms with van der Waals surface area (Å²) in [5.74, 6) is -0.329. The molecule has 0 saturated heterocycles. The topological polar surface area (TPSA) is 76.0 Å². The van der Waals surface area contributed by atoms with E-state index in [2.05, 4.69) is 0 Å². The van der Waals surface area contributed by atoms with Gasteiger partial charge in [0.25, 0.3) is 0 Å². The number of para-hydroxylation sites is 1. The predicted octanol–water partition coefficient (Wildman–Crippen LogP) is 1.08. The number of carboxylic acids is 1. The lowest BCUT2D eigenvalue weighted by Gasteiger charge is -2.20. The normalized spacial score (nSPS) is 13.9. The second kappa shape index (κ2) is 5.05. The molecule has 1 aromatic carbocycles. The molecule has 1 atom stereocenters. The number of carboxylic acid groups (broad SMARTS) is 1. The third kappa shape index (κ3) is 2.88. The molecule has 0 radical (unpaired) electrons. The van der Waals surface area contributed by atoms with Crippen LogP contribution in [0.3, 0.4) is 0 Å². The molecule has 0 fully saturated rings. The van der Waals surface area contributed by atoms with Gasteiger partial charge in [0.2, 0.25) is 0 Å². The highest BCUT2D eigenvalue weighted by molar-refractivity contribution is 5.77. The molecule has 0 bridgehead atoms. The van der Waals surface area contributed by atoms with Crippen LogP contribution in [0.25, 0.3) is 0 Å². The molecular weight excluding hydrogens is 224 g/mol. The molecule has 0 spiro atoms. The fraction of sp³-hybridized carbons (Fsp3) is 0.417. The molecule has 94 valence electrons. The third-order valence-corrected chi connectivity index (χ3v) is 2.48. The zero-order chi connectivity index (χ0) is 13.1. The number of benzene rings is 1. The van der Waals surface area contributed by atoms with Crippen molar-refractivity contribution in [2.75, 3.05) is 14.2 Å². The van der Waals surface area contributed by atoms with E-state index in [4.69, 9.17) is 14.6 Å². The summed E-state index contributed by atoms with van der Waals surface area (Å²) in [6.45, 7) is 1.24. The molecule has 0 amide bonds. The highest BCUT2D eigenvalue weighted by Crippen LogP contribution is 2.32. The maximum absolute atomic E-state index is 10.9. The third-order valence-electron chi connectivity index (χ3n) is 2.48. The van der Waals surface area contributed by atoms with Gasteiger partial charge in [-0.2, -0.15) is 0 Å². The minimum atomic E-state index is -1.83. The fourth-order valence-corrected chi connectivity index (χ4v) is 1.54. The van der Waals surface area contributed by atoms with Crippen LogP contribution in [0.2, 0.25) is 0 Å². The van der Waals surface area contributed by atoms with Gasteiger partial charge in [0.1, 0.15) is 0 Å². The van der Waals surface area contributed by atoms with Gasteiger partial charge in [-0.3, -0.25) is 0 Å². The second-order valence-corrected chi connectivity index (χ2v) is 3.91. The van der Waals surface area contributed by atoms with E-state index >= 15 is 0 Å². The first kappa shape index (κ1) is 13.3. The lowest BCUT2D eigenvalue weighted by Crippen LogP contribution is -2.37. The maximum atomic E-state index is 10.9. The minimum Gasteiger partial charge on any atom is -0.493 e. The first-order chi connectivity index (χ1) is 7.92. The summed E-state index contributed by atoms with van der Waals surface area (Å²) >= 11 is 0. The van der Waals surface area contributed by atoms with E-state index in [0.717, 1.165) is 0 Å². The van der Waals surface area contributed by atoms with Gasteiger partial charge in [-0.1, -0.05) is 12.1 Å². The lowest BCUT2D eigenvalue weighted by atomic mass is 9.96. The quantitative estimate of drug-likeness (QED) is 0.805. The van der Waals surface area contributed by atoms with E-state index in [0.29, 0.717) is 17.1 Å². The largest absolute Gasteiger partial charge is 0.493 e. The second-order valence-electron chi connectivity index (χ2n) is 3.91. The summed E-state index contributed by atoms with van der Waals surface area (Å²) in [5, 5.41) is 18.6. The van der Waals surface area contributed by atoms with E-state index in [1.165, 1.54) is 21.1 Å². The highest BCUT2D eigenvalue weighted by Gasteiger charge is 2.31. The Bertz CT molecular complexity index is 411. The van der Waals surface area contributed by atoms with Crippen LogP contribution in [0.4, 0.5) is 0 Å². The number of carbonyl (C=O) groups is 1. The van der Waals surface area contributed by atoms with Crippen molar-refractivity contribution in [2.45, 2.75) is 18.9 Å². The zero-order valence-electron chi connectivity index (χ0n) is 10.1. The molecule has 0 aromatic heterocycles. The molecule has 0 aliphatic carbocycles. The first-order valence-corrected chi connectivity index (χ1v) is 5.08. The summed E-state index contributed by atoms with van der Waals surface area (Å²) in [5.41, 5.74) is -1.25. The van der Waals surface area contributed by atoms with E-state index in [9.17, 15) is 9.90 Å².